The van der Waals surface area contributed by atoms with E-state index in [1.54, 1.807) is 6.33 Å². The van der Waals surface area contributed by atoms with Gasteiger partial charge in [0, 0.05) is 32.2 Å². The van der Waals surface area contributed by atoms with Crippen LogP contribution in [0.4, 0.5) is 0 Å². The van der Waals surface area contributed by atoms with E-state index in [4.69, 9.17) is 9.47 Å². The lowest BCUT2D eigenvalue weighted by molar-refractivity contribution is -0.0620. The van der Waals surface area contributed by atoms with Gasteiger partial charge in [-0.3, -0.25) is 4.90 Å². The number of rotatable bonds is 6. The van der Waals surface area contributed by atoms with Crippen LogP contribution in [0.2, 0.25) is 0 Å². The molecule has 2 aliphatic rings. The monoisotopic (exact) mass is 322 g/mol. The molecular weight excluding hydrogens is 292 g/mol. The van der Waals surface area contributed by atoms with Crippen molar-refractivity contribution in [3.8, 4) is 0 Å². The van der Waals surface area contributed by atoms with E-state index in [-0.39, 0.29) is 0 Å². The molecule has 1 aromatic rings. The smallest absolute Gasteiger partial charge is 0.141 e. The molecule has 3 atom stereocenters. The predicted molar refractivity (Wildman–Crippen MR) is 88.0 cm³/mol. The zero-order chi connectivity index (χ0) is 16.2. The van der Waals surface area contributed by atoms with Crippen LogP contribution in [0.1, 0.15) is 38.9 Å². The maximum Gasteiger partial charge on any atom is 0.141 e. The molecule has 0 spiro atoms. The van der Waals surface area contributed by atoms with Gasteiger partial charge in [0.2, 0.25) is 0 Å². The second-order valence-corrected chi connectivity index (χ2v) is 7.23. The number of morpholine rings is 1. The number of ether oxygens (including phenoxy) is 2. The summed E-state index contributed by atoms with van der Waals surface area (Å²) < 4.78 is 13.6. The van der Waals surface area contributed by atoms with Crippen molar-refractivity contribution in [1.82, 2.24) is 19.7 Å². The number of nitrogens with zero attached hydrogens (tertiary/aromatic N) is 4. The van der Waals surface area contributed by atoms with Crippen LogP contribution in [0.5, 0.6) is 0 Å². The minimum Gasteiger partial charge on any atom is -0.381 e. The largest absolute Gasteiger partial charge is 0.381 e. The van der Waals surface area contributed by atoms with Crippen LogP contribution in [0, 0.1) is 11.8 Å². The minimum atomic E-state index is 0.373. The normalized spacial score (nSPS) is 29.5. The summed E-state index contributed by atoms with van der Waals surface area (Å²) >= 11 is 0. The highest BCUT2D eigenvalue weighted by Gasteiger charge is 2.38. The lowest BCUT2D eigenvalue weighted by Gasteiger charge is -2.40. The molecule has 2 heterocycles. The van der Waals surface area contributed by atoms with E-state index in [1.165, 1.54) is 19.3 Å². The quantitative estimate of drug-likeness (QED) is 0.801. The van der Waals surface area contributed by atoms with Crippen LogP contribution < -0.4 is 0 Å². The second-order valence-electron chi connectivity index (χ2n) is 7.23. The van der Waals surface area contributed by atoms with Crippen molar-refractivity contribution in [2.45, 2.75) is 58.3 Å². The van der Waals surface area contributed by atoms with Crippen LogP contribution in [0.3, 0.4) is 0 Å². The summed E-state index contributed by atoms with van der Waals surface area (Å²) in [5, 5.41) is 4.40. The molecule has 1 aliphatic heterocycles. The first-order valence-corrected chi connectivity index (χ1v) is 8.90. The summed E-state index contributed by atoms with van der Waals surface area (Å²) in [4.78, 5) is 7.04. The van der Waals surface area contributed by atoms with Gasteiger partial charge >= 0.3 is 0 Å². The van der Waals surface area contributed by atoms with Gasteiger partial charge in [-0.25, -0.2) is 9.67 Å². The Morgan fingerprint density at radius 1 is 1.39 bits per heavy atom. The molecule has 1 aromatic heterocycles. The van der Waals surface area contributed by atoms with Crippen molar-refractivity contribution in [3.05, 3.63) is 12.2 Å². The van der Waals surface area contributed by atoms with Crippen molar-refractivity contribution in [3.63, 3.8) is 0 Å². The fourth-order valence-corrected chi connectivity index (χ4v) is 4.03. The molecule has 3 rings (SSSR count). The Hall–Kier alpha value is -0.980. The van der Waals surface area contributed by atoms with E-state index in [9.17, 15) is 0 Å². The average Bonchev–Trinajstić information content (AvgIpc) is 3.17. The predicted octanol–water partition coefficient (Wildman–Crippen LogP) is 1.95. The standard InChI is InChI=1S/C17H30N4O2/c1-13(2)9-21-17(18-12-19-21)10-20-7-8-23-11-15(20)14-5-4-6-16(14)22-3/h12-16H,4-11H2,1-3H3/t14-,15+,16+/m0/s1. The summed E-state index contributed by atoms with van der Waals surface area (Å²) in [6, 6.07) is 0.431. The molecular formula is C17H30N4O2. The third-order valence-corrected chi connectivity index (χ3v) is 5.16. The van der Waals surface area contributed by atoms with E-state index >= 15 is 0 Å². The zero-order valence-corrected chi connectivity index (χ0v) is 14.6. The van der Waals surface area contributed by atoms with Gasteiger partial charge in [-0.2, -0.15) is 5.10 Å². The SMILES string of the molecule is CO[C@@H]1CCC[C@H]1[C@H]1COCCN1Cc1ncnn1CC(C)C. The van der Waals surface area contributed by atoms with Crippen molar-refractivity contribution < 1.29 is 9.47 Å². The van der Waals surface area contributed by atoms with Gasteiger partial charge in [-0.15, -0.1) is 0 Å². The molecule has 0 unspecified atom stereocenters. The topological polar surface area (TPSA) is 52.4 Å². The van der Waals surface area contributed by atoms with E-state index < -0.39 is 0 Å². The third kappa shape index (κ3) is 3.92. The summed E-state index contributed by atoms with van der Waals surface area (Å²) in [6.07, 6.45) is 5.73. The van der Waals surface area contributed by atoms with Crippen LogP contribution in [-0.4, -0.2) is 58.7 Å². The Labute approximate surface area is 139 Å². The maximum atomic E-state index is 5.79. The van der Waals surface area contributed by atoms with Crippen LogP contribution in [-0.2, 0) is 22.6 Å². The molecule has 23 heavy (non-hydrogen) atoms. The van der Waals surface area contributed by atoms with Crippen LogP contribution in [0.15, 0.2) is 6.33 Å². The van der Waals surface area contributed by atoms with Gasteiger partial charge in [0.15, 0.2) is 0 Å². The van der Waals surface area contributed by atoms with Gasteiger partial charge in [0.05, 0.1) is 25.9 Å². The first-order chi connectivity index (χ1) is 11.2. The molecule has 1 aliphatic carbocycles. The molecule has 0 aromatic carbocycles. The summed E-state index contributed by atoms with van der Waals surface area (Å²) in [5.74, 6) is 2.21. The summed E-state index contributed by atoms with van der Waals surface area (Å²) in [7, 11) is 1.84. The average molecular weight is 322 g/mol. The van der Waals surface area contributed by atoms with E-state index in [0.717, 1.165) is 38.7 Å². The van der Waals surface area contributed by atoms with Crippen molar-refractivity contribution in [1.29, 1.82) is 0 Å². The number of aromatic nitrogens is 3. The fraction of sp³-hybridized carbons (Fsp3) is 0.882. The fourth-order valence-electron chi connectivity index (χ4n) is 4.03. The lowest BCUT2D eigenvalue weighted by Crippen LogP contribution is -2.51. The Morgan fingerprint density at radius 3 is 3.04 bits per heavy atom. The molecule has 2 fully saturated rings. The van der Waals surface area contributed by atoms with E-state index in [1.807, 2.05) is 7.11 Å². The van der Waals surface area contributed by atoms with Gasteiger partial charge < -0.3 is 9.47 Å². The highest BCUT2D eigenvalue weighted by Crippen LogP contribution is 2.34. The van der Waals surface area contributed by atoms with E-state index in [0.29, 0.717) is 24.0 Å². The Kier molecular flexibility index (Phi) is 5.67. The Balaban J connectivity index is 1.71. The molecule has 1 saturated heterocycles. The highest BCUT2D eigenvalue weighted by atomic mass is 16.5. The summed E-state index contributed by atoms with van der Waals surface area (Å²) in [6.45, 7) is 8.78. The van der Waals surface area contributed by atoms with Crippen molar-refractivity contribution in [2.24, 2.45) is 11.8 Å². The molecule has 0 radical (unpaired) electrons. The molecule has 0 amide bonds. The van der Waals surface area contributed by atoms with Gasteiger partial charge in [0.1, 0.15) is 12.2 Å². The number of methoxy groups -OCH3 is 1. The molecule has 1 saturated carbocycles. The number of hydrogen-bond acceptors (Lipinski definition) is 5. The van der Waals surface area contributed by atoms with Crippen LogP contribution >= 0.6 is 0 Å². The van der Waals surface area contributed by atoms with Crippen molar-refractivity contribution in [2.75, 3.05) is 26.9 Å². The number of hydrogen-bond donors (Lipinski definition) is 0. The first kappa shape index (κ1) is 16.9. The van der Waals surface area contributed by atoms with Gasteiger partial charge in [-0.05, 0) is 18.8 Å². The third-order valence-electron chi connectivity index (χ3n) is 5.16. The zero-order valence-electron chi connectivity index (χ0n) is 14.6. The Bertz CT molecular complexity index is 491. The lowest BCUT2D eigenvalue weighted by atomic mass is 9.94. The highest BCUT2D eigenvalue weighted by molar-refractivity contribution is 4.94. The maximum absolute atomic E-state index is 5.79. The molecule has 0 bridgehead atoms. The second kappa shape index (κ2) is 7.73. The molecule has 130 valence electrons. The van der Waals surface area contributed by atoms with Gasteiger partial charge in [-0.1, -0.05) is 20.3 Å². The van der Waals surface area contributed by atoms with E-state index in [2.05, 4.69) is 33.5 Å². The Morgan fingerprint density at radius 2 is 2.26 bits per heavy atom. The van der Waals surface area contributed by atoms with Crippen molar-refractivity contribution >= 4 is 0 Å². The van der Waals surface area contributed by atoms with Crippen LogP contribution in [0.25, 0.3) is 0 Å². The summed E-state index contributed by atoms with van der Waals surface area (Å²) in [5.41, 5.74) is 0. The van der Waals surface area contributed by atoms with Gasteiger partial charge in [0.25, 0.3) is 0 Å². The molecule has 0 N–H and O–H groups in total. The first-order valence-electron chi connectivity index (χ1n) is 8.90. The molecule has 6 heteroatoms. The minimum absolute atomic E-state index is 0.373. The molecule has 6 nitrogen and oxygen atoms in total.